The van der Waals surface area contributed by atoms with Crippen LogP contribution in [0.5, 0.6) is 0 Å². The lowest BCUT2D eigenvalue weighted by Gasteiger charge is -2.08. The van der Waals surface area contributed by atoms with Gasteiger partial charge in [-0.25, -0.2) is 0 Å². The Labute approximate surface area is 88.4 Å². The average molecular weight is 190 g/mol. The summed E-state index contributed by atoms with van der Waals surface area (Å²) in [6.07, 6.45) is 4.20. The summed E-state index contributed by atoms with van der Waals surface area (Å²) in [4.78, 5) is 0. The van der Waals surface area contributed by atoms with E-state index in [-0.39, 0.29) is 0 Å². The third-order valence-electron chi connectivity index (χ3n) is 2.97. The normalized spacial score (nSPS) is 25.4. The molecule has 14 heavy (non-hydrogen) atoms. The Balaban J connectivity index is 0.000000461. The molecule has 0 heterocycles. The summed E-state index contributed by atoms with van der Waals surface area (Å²) in [5, 5.41) is 0. The summed E-state index contributed by atoms with van der Waals surface area (Å²) in [5.41, 5.74) is 1.54. The van der Waals surface area contributed by atoms with Crippen molar-refractivity contribution in [3.05, 3.63) is 35.9 Å². The summed E-state index contributed by atoms with van der Waals surface area (Å²) in [6, 6.07) is 10.9. The van der Waals surface area contributed by atoms with Crippen LogP contribution in [0.3, 0.4) is 0 Å². The molecule has 0 nitrogen and oxygen atoms in total. The molecule has 0 radical (unpaired) electrons. The molecule has 2 rings (SSSR count). The van der Waals surface area contributed by atoms with Crippen molar-refractivity contribution in [1.29, 1.82) is 0 Å². The first-order chi connectivity index (χ1) is 6.86. The molecule has 1 aliphatic carbocycles. The summed E-state index contributed by atoms with van der Waals surface area (Å²) in [7, 11) is 0. The quantitative estimate of drug-likeness (QED) is 0.606. The number of hydrogen-bond acceptors (Lipinski definition) is 0. The Morgan fingerprint density at radius 1 is 1.00 bits per heavy atom. The monoisotopic (exact) mass is 190 g/mol. The van der Waals surface area contributed by atoms with Crippen LogP contribution < -0.4 is 0 Å². The van der Waals surface area contributed by atoms with E-state index in [4.69, 9.17) is 0 Å². The molecule has 1 aromatic carbocycles. The van der Waals surface area contributed by atoms with Crippen molar-refractivity contribution in [1.82, 2.24) is 0 Å². The topological polar surface area (TPSA) is 0 Å². The van der Waals surface area contributed by atoms with Gasteiger partial charge >= 0.3 is 0 Å². The average Bonchev–Trinajstić information content (AvgIpc) is 2.69. The minimum Gasteiger partial charge on any atom is -0.0683 e. The van der Waals surface area contributed by atoms with Gasteiger partial charge in [-0.1, -0.05) is 57.5 Å². The molecule has 0 bridgehead atoms. The second kappa shape index (κ2) is 5.85. The fraction of sp³-hybridized carbons (Fsp3) is 0.571. The number of hydrogen-bond donors (Lipinski definition) is 0. The van der Waals surface area contributed by atoms with Crippen molar-refractivity contribution in [2.75, 3.05) is 0 Å². The van der Waals surface area contributed by atoms with Gasteiger partial charge in [0.15, 0.2) is 0 Å². The van der Waals surface area contributed by atoms with E-state index in [1.807, 2.05) is 13.8 Å². The molecule has 0 spiro atoms. The third-order valence-corrected chi connectivity index (χ3v) is 2.97. The van der Waals surface area contributed by atoms with Gasteiger partial charge in [0.1, 0.15) is 0 Å². The number of benzene rings is 1. The van der Waals surface area contributed by atoms with E-state index in [0.717, 1.165) is 11.8 Å². The molecule has 1 aromatic rings. The van der Waals surface area contributed by atoms with E-state index in [1.54, 1.807) is 5.56 Å². The van der Waals surface area contributed by atoms with Crippen molar-refractivity contribution in [3.63, 3.8) is 0 Å². The molecule has 0 saturated heterocycles. The Morgan fingerprint density at radius 2 is 1.64 bits per heavy atom. The molecular formula is C14H22. The van der Waals surface area contributed by atoms with Crippen LogP contribution in [0.2, 0.25) is 0 Å². The van der Waals surface area contributed by atoms with Crippen LogP contribution in [-0.4, -0.2) is 0 Å². The summed E-state index contributed by atoms with van der Waals surface area (Å²) in [6.45, 7) is 6.36. The zero-order valence-corrected chi connectivity index (χ0v) is 9.66. The Hall–Kier alpha value is -0.780. The Kier molecular flexibility index (Phi) is 4.72. The maximum absolute atomic E-state index is 2.36. The van der Waals surface area contributed by atoms with E-state index < -0.39 is 0 Å². The number of rotatable bonds is 1. The fourth-order valence-electron chi connectivity index (χ4n) is 2.24. The molecule has 78 valence electrons. The van der Waals surface area contributed by atoms with Crippen molar-refractivity contribution in [2.45, 2.75) is 46.0 Å². The van der Waals surface area contributed by atoms with Crippen LogP contribution in [0.1, 0.15) is 51.5 Å². The lowest BCUT2D eigenvalue weighted by atomic mass is 9.97. The van der Waals surface area contributed by atoms with Crippen LogP contribution in [0, 0.1) is 5.92 Å². The van der Waals surface area contributed by atoms with Crippen molar-refractivity contribution >= 4 is 0 Å². The van der Waals surface area contributed by atoms with Gasteiger partial charge in [0.2, 0.25) is 0 Å². The van der Waals surface area contributed by atoms with Gasteiger partial charge in [0, 0.05) is 0 Å². The second-order valence-corrected chi connectivity index (χ2v) is 4.03. The fourth-order valence-corrected chi connectivity index (χ4v) is 2.24. The largest absolute Gasteiger partial charge is 0.0683 e. The van der Waals surface area contributed by atoms with Gasteiger partial charge in [-0.15, -0.1) is 0 Å². The second-order valence-electron chi connectivity index (χ2n) is 4.03. The first kappa shape index (κ1) is 11.3. The maximum Gasteiger partial charge on any atom is -0.0159 e. The smallest absolute Gasteiger partial charge is 0.0159 e. The van der Waals surface area contributed by atoms with E-state index in [9.17, 15) is 0 Å². The molecule has 0 heteroatoms. The van der Waals surface area contributed by atoms with Crippen molar-refractivity contribution < 1.29 is 0 Å². The summed E-state index contributed by atoms with van der Waals surface area (Å²) < 4.78 is 0. The standard InChI is InChI=1S/C12H16.C2H6/c1-10-7-8-12(9-10)11-5-3-2-4-6-11;1-2/h2-6,10,12H,7-9H2,1H3;1-2H3/t10-,12+;/m0./s1. The molecule has 0 aromatic heterocycles. The minimum atomic E-state index is 0.848. The predicted octanol–water partition coefficient (Wildman–Crippen LogP) is 4.62. The van der Waals surface area contributed by atoms with E-state index in [1.165, 1.54) is 19.3 Å². The zero-order valence-electron chi connectivity index (χ0n) is 9.66. The van der Waals surface area contributed by atoms with Crippen LogP contribution >= 0.6 is 0 Å². The predicted molar refractivity (Wildman–Crippen MR) is 63.5 cm³/mol. The molecule has 1 fully saturated rings. The van der Waals surface area contributed by atoms with E-state index >= 15 is 0 Å². The SMILES string of the molecule is CC.C[C@H]1CC[C@@H](c2ccccc2)C1. The van der Waals surface area contributed by atoms with Crippen LogP contribution in [0.25, 0.3) is 0 Å². The first-order valence-corrected chi connectivity index (χ1v) is 5.91. The van der Waals surface area contributed by atoms with Gasteiger partial charge in [-0.3, -0.25) is 0 Å². The van der Waals surface area contributed by atoms with Crippen molar-refractivity contribution in [2.24, 2.45) is 5.92 Å². The third kappa shape index (κ3) is 2.87. The summed E-state index contributed by atoms with van der Waals surface area (Å²) >= 11 is 0. The zero-order chi connectivity index (χ0) is 10.4. The van der Waals surface area contributed by atoms with Gasteiger partial charge in [0.05, 0.1) is 0 Å². The highest BCUT2D eigenvalue weighted by Crippen LogP contribution is 2.37. The molecular weight excluding hydrogens is 168 g/mol. The first-order valence-electron chi connectivity index (χ1n) is 5.91. The highest BCUT2D eigenvalue weighted by Gasteiger charge is 2.21. The summed E-state index contributed by atoms with van der Waals surface area (Å²) in [5.74, 6) is 1.79. The van der Waals surface area contributed by atoms with Gasteiger partial charge in [-0.05, 0) is 30.2 Å². The molecule has 1 aliphatic rings. The van der Waals surface area contributed by atoms with E-state index in [2.05, 4.69) is 37.3 Å². The molecule has 0 aliphatic heterocycles. The van der Waals surface area contributed by atoms with Gasteiger partial charge in [-0.2, -0.15) is 0 Å². The van der Waals surface area contributed by atoms with Crippen LogP contribution in [0.15, 0.2) is 30.3 Å². The Bertz CT molecular complexity index is 237. The molecule has 0 N–H and O–H groups in total. The van der Waals surface area contributed by atoms with Crippen LogP contribution in [-0.2, 0) is 0 Å². The van der Waals surface area contributed by atoms with Gasteiger partial charge in [0.25, 0.3) is 0 Å². The highest BCUT2D eigenvalue weighted by atomic mass is 14.3. The van der Waals surface area contributed by atoms with Crippen molar-refractivity contribution in [3.8, 4) is 0 Å². The highest BCUT2D eigenvalue weighted by molar-refractivity contribution is 5.20. The molecule has 0 amide bonds. The Morgan fingerprint density at radius 3 is 2.14 bits per heavy atom. The maximum atomic E-state index is 2.36. The minimum absolute atomic E-state index is 0.848. The molecule has 0 unspecified atom stereocenters. The van der Waals surface area contributed by atoms with Gasteiger partial charge < -0.3 is 0 Å². The van der Waals surface area contributed by atoms with E-state index in [0.29, 0.717) is 0 Å². The molecule has 1 saturated carbocycles. The lowest BCUT2D eigenvalue weighted by Crippen LogP contribution is -1.92. The van der Waals surface area contributed by atoms with Crippen LogP contribution in [0.4, 0.5) is 0 Å². The lowest BCUT2D eigenvalue weighted by molar-refractivity contribution is 0.596. The molecule has 2 atom stereocenters.